The van der Waals surface area contributed by atoms with Crippen LogP contribution < -0.4 is 0 Å². The number of hydrogen-bond acceptors (Lipinski definition) is 4. The average molecular weight is 333 g/mol. The van der Waals surface area contributed by atoms with Crippen LogP contribution in [0.2, 0.25) is 0 Å². The number of carbonyl (C=O) groups excluding carboxylic acids is 1. The van der Waals surface area contributed by atoms with Crippen LogP contribution in [0.15, 0.2) is 18.5 Å². The Kier molecular flexibility index (Phi) is 4.50. The van der Waals surface area contributed by atoms with Crippen molar-refractivity contribution >= 4 is 5.91 Å². The standard InChI is InChI=1S/C18H24FN3O2/c19-15-11-20-6-1-14(15)18(23)22-8-3-16-17(22)2-7-21(16)12-13-4-9-24-10-5-13/h1,6,11,13,16-17H,2-5,7-10,12H2/t16-,17-/m0/s1. The Bertz CT molecular complexity index is 606. The first kappa shape index (κ1) is 16.0. The first-order valence-electron chi connectivity index (χ1n) is 8.96. The summed E-state index contributed by atoms with van der Waals surface area (Å²) in [6.07, 6.45) is 6.86. The fourth-order valence-corrected chi connectivity index (χ4v) is 4.52. The summed E-state index contributed by atoms with van der Waals surface area (Å²) in [5.74, 6) is -0.00165. The molecular formula is C18H24FN3O2. The lowest BCUT2D eigenvalue weighted by Crippen LogP contribution is -2.41. The van der Waals surface area contributed by atoms with E-state index >= 15 is 0 Å². The number of halogens is 1. The number of fused-ring (bicyclic) bond motifs is 1. The lowest BCUT2D eigenvalue weighted by Gasteiger charge is -2.30. The highest BCUT2D eigenvalue weighted by Gasteiger charge is 2.45. The Labute approximate surface area is 141 Å². The van der Waals surface area contributed by atoms with Gasteiger partial charge in [-0.25, -0.2) is 4.39 Å². The minimum atomic E-state index is -0.525. The van der Waals surface area contributed by atoms with Crippen LogP contribution in [0.5, 0.6) is 0 Å². The SMILES string of the molecule is O=C(c1ccncc1F)N1CC[C@H]2[C@@H]1CCN2CC1CCOCC1. The largest absolute Gasteiger partial charge is 0.381 e. The smallest absolute Gasteiger partial charge is 0.257 e. The minimum Gasteiger partial charge on any atom is -0.381 e. The minimum absolute atomic E-state index is 0.147. The lowest BCUT2D eigenvalue weighted by atomic mass is 9.99. The molecule has 1 amide bonds. The number of nitrogens with zero attached hydrogens (tertiary/aromatic N) is 3. The van der Waals surface area contributed by atoms with Crippen LogP contribution in [0, 0.1) is 11.7 Å². The topological polar surface area (TPSA) is 45.7 Å². The Morgan fingerprint density at radius 2 is 2.00 bits per heavy atom. The maximum atomic E-state index is 13.9. The maximum Gasteiger partial charge on any atom is 0.257 e. The molecular weight excluding hydrogens is 309 g/mol. The number of aromatic nitrogens is 1. The number of rotatable bonds is 3. The molecule has 3 saturated heterocycles. The van der Waals surface area contributed by atoms with Gasteiger partial charge < -0.3 is 9.64 Å². The van der Waals surface area contributed by atoms with E-state index in [0.717, 1.165) is 64.7 Å². The summed E-state index contributed by atoms with van der Waals surface area (Å²) in [6.45, 7) is 4.61. The Morgan fingerprint density at radius 3 is 2.79 bits per heavy atom. The Morgan fingerprint density at radius 1 is 1.21 bits per heavy atom. The molecule has 0 unspecified atom stereocenters. The average Bonchev–Trinajstić information content (AvgIpc) is 3.19. The van der Waals surface area contributed by atoms with Crippen molar-refractivity contribution in [1.82, 2.24) is 14.8 Å². The van der Waals surface area contributed by atoms with Crippen molar-refractivity contribution < 1.29 is 13.9 Å². The van der Waals surface area contributed by atoms with Crippen LogP contribution >= 0.6 is 0 Å². The summed E-state index contributed by atoms with van der Waals surface area (Å²) in [4.78, 5) is 20.9. The van der Waals surface area contributed by atoms with Gasteiger partial charge in [-0.05, 0) is 37.7 Å². The van der Waals surface area contributed by atoms with Crippen molar-refractivity contribution in [2.75, 3.05) is 32.8 Å². The lowest BCUT2D eigenvalue weighted by molar-refractivity contribution is 0.0502. The third kappa shape index (κ3) is 2.93. The number of ether oxygens (including phenoxy) is 1. The van der Waals surface area contributed by atoms with Crippen molar-refractivity contribution in [3.05, 3.63) is 29.8 Å². The van der Waals surface area contributed by atoms with E-state index in [1.54, 1.807) is 0 Å². The Balaban J connectivity index is 1.42. The number of amides is 1. The molecule has 24 heavy (non-hydrogen) atoms. The maximum absolute atomic E-state index is 13.9. The van der Waals surface area contributed by atoms with Crippen LogP contribution in [0.4, 0.5) is 4.39 Å². The normalized spacial score (nSPS) is 28.3. The summed E-state index contributed by atoms with van der Waals surface area (Å²) in [6, 6.07) is 2.14. The molecule has 6 heteroatoms. The molecule has 5 nitrogen and oxygen atoms in total. The summed E-state index contributed by atoms with van der Waals surface area (Å²) in [5, 5.41) is 0. The summed E-state index contributed by atoms with van der Waals surface area (Å²) < 4.78 is 19.3. The molecule has 0 aliphatic carbocycles. The van der Waals surface area contributed by atoms with Crippen LogP contribution in [-0.4, -0.2) is 65.6 Å². The highest BCUT2D eigenvalue weighted by atomic mass is 19.1. The van der Waals surface area contributed by atoms with E-state index in [-0.39, 0.29) is 17.5 Å². The molecule has 2 atom stereocenters. The molecule has 0 spiro atoms. The van der Waals surface area contributed by atoms with Gasteiger partial charge in [0.2, 0.25) is 0 Å². The molecule has 0 N–H and O–H groups in total. The second-order valence-electron chi connectivity index (χ2n) is 7.12. The van der Waals surface area contributed by atoms with Crippen molar-refractivity contribution in [1.29, 1.82) is 0 Å². The van der Waals surface area contributed by atoms with Gasteiger partial charge >= 0.3 is 0 Å². The van der Waals surface area contributed by atoms with Crippen molar-refractivity contribution in [3.63, 3.8) is 0 Å². The predicted octanol–water partition coefficient (Wildman–Crippen LogP) is 1.94. The molecule has 1 aromatic heterocycles. The van der Waals surface area contributed by atoms with Crippen molar-refractivity contribution in [2.24, 2.45) is 5.92 Å². The molecule has 3 fully saturated rings. The molecule has 0 bridgehead atoms. The van der Waals surface area contributed by atoms with Gasteiger partial charge in [0.15, 0.2) is 5.82 Å². The molecule has 3 aliphatic rings. The van der Waals surface area contributed by atoms with E-state index in [2.05, 4.69) is 9.88 Å². The molecule has 0 aromatic carbocycles. The van der Waals surface area contributed by atoms with Gasteiger partial charge in [0.1, 0.15) is 0 Å². The zero-order valence-corrected chi connectivity index (χ0v) is 13.9. The second-order valence-corrected chi connectivity index (χ2v) is 7.12. The first-order chi connectivity index (χ1) is 11.7. The fourth-order valence-electron chi connectivity index (χ4n) is 4.52. The second kappa shape index (κ2) is 6.76. The molecule has 1 aromatic rings. The van der Waals surface area contributed by atoms with Crippen LogP contribution in [0.3, 0.4) is 0 Å². The van der Waals surface area contributed by atoms with E-state index < -0.39 is 5.82 Å². The van der Waals surface area contributed by atoms with E-state index in [1.807, 2.05) is 4.90 Å². The van der Waals surface area contributed by atoms with Gasteiger partial charge in [-0.1, -0.05) is 0 Å². The van der Waals surface area contributed by atoms with Gasteiger partial charge in [0.25, 0.3) is 5.91 Å². The third-order valence-electron chi connectivity index (χ3n) is 5.79. The molecule has 4 rings (SSSR count). The third-order valence-corrected chi connectivity index (χ3v) is 5.79. The van der Waals surface area contributed by atoms with E-state index in [9.17, 15) is 9.18 Å². The summed E-state index contributed by atoms with van der Waals surface area (Å²) in [5.41, 5.74) is 0.147. The summed E-state index contributed by atoms with van der Waals surface area (Å²) >= 11 is 0. The fraction of sp³-hybridized carbons (Fsp3) is 0.667. The number of carbonyl (C=O) groups is 1. The van der Waals surface area contributed by atoms with Crippen LogP contribution in [0.1, 0.15) is 36.0 Å². The highest BCUT2D eigenvalue weighted by Crippen LogP contribution is 2.34. The summed E-state index contributed by atoms with van der Waals surface area (Å²) in [7, 11) is 0. The zero-order chi connectivity index (χ0) is 16.5. The van der Waals surface area contributed by atoms with Gasteiger partial charge in [0.05, 0.1) is 11.8 Å². The van der Waals surface area contributed by atoms with Gasteiger partial charge in [-0.2, -0.15) is 0 Å². The highest BCUT2D eigenvalue weighted by molar-refractivity contribution is 5.94. The molecule has 3 aliphatic heterocycles. The van der Waals surface area contributed by atoms with Crippen LogP contribution in [-0.2, 0) is 4.74 Å². The quantitative estimate of drug-likeness (QED) is 0.848. The van der Waals surface area contributed by atoms with E-state index in [4.69, 9.17) is 4.74 Å². The number of hydrogen-bond donors (Lipinski definition) is 0. The van der Waals surface area contributed by atoms with Crippen LogP contribution in [0.25, 0.3) is 0 Å². The number of likely N-dealkylation sites (tertiary alicyclic amines) is 2. The van der Waals surface area contributed by atoms with Crippen molar-refractivity contribution in [3.8, 4) is 0 Å². The van der Waals surface area contributed by atoms with E-state index in [0.29, 0.717) is 12.0 Å². The van der Waals surface area contributed by atoms with Crippen molar-refractivity contribution in [2.45, 2.75) is 37.8 Å². The number of pyridine rings is 1. The Hall–Kier alpha value is -1.53. The zero-order valence-electron chi connectivity index (χ0n) is 13.9. The van der Waals surface area contributed by atoms with E-state index in [1.165, 1.54) is 12.3 Å². The molecule has 0 radical (unpaired) electrons. The molecule has 4 heterocycles. The van der Waals surface area contributed by atoms with Gasteiger partial charge in [-0.3, -0.25) is 14.7 Å². The van der Waals surface area contributed by atoms with Gasteiger partial charge in [-0.15, -0.1) is 0 Å². The molecule has 0 saturated carbocycles. The predicted molar refractivity (Wildman–Crippen MR) is 87.2 cm³/mol. The van der Waals surface area contributed by atoms with Gasteiger partial charge in [0, 0.05) is 51.1 Å². The monoisotopic (exact) mass is 333 g/mol. The molecule has 130 valence electrons. The first-order valence-corrected chi connectivity index (χ1v) is 8.96.